The topological polar surface area (TPSA) is 69.6 Å². The van der Waals surface area contributed by atoms with E-state index in [0.29, 0.717) is 13.0 Å². The highest BCUT2D eigenvalue weighted by molar-refractivity contribution is 5.90. The van der Waals surface area contributed by atoms with E-state index < -0.39 is 29.8 Å². The normalized spacial score (nSPS) is 22.3. The van der Waals surface area contributed by atoms with E-state index in [4.69, 9.17) is 5.11 Å². The molecule has 102 valence electrons. The van der Waals surface area contributed by atoms with Crippen molar-refractivity contribution in [2.24, 2.45) is 5.92 Å². The number of hydrogen-bond acceptors (Lipinski definition) is 2. The predicted octanol–water partition coefficient (Wildman–Crippen LogP) is 2.15. The lowest BCUT2D eigenvalue weighted by atomic mass is 10.0. The maximum absolute atomic E-state index is 13.4. The van der Waals surface area contributed by atoms with Gasteiger partial charge in [-0.25, -0.2) is 9.18 Å². The summed E-state index contributed by atoms with van der Waals surface area (Å²) in [6, 6.07) is 4.99. The van der Waals surface area contributed by atoms with Gasteiger partial charge in [-0.2, -0.15) is 0 Å². The molecule has 6 heteroatoms. The number of para-hydroxylation sites is 1. The molecule has 2 unspecified atom stereocenters. The molecule has 2 atom stereocenters. The minimum absolute atomic E-state index is 0.0958. The predicted molar refractivity (Wildman–Crippen MR) is 67.3 cm³/mol. The van der Waals surface area contributed by atoms with Gasteiger partial charge in [-0.15, -0.1) is 0 Å². The molecule has 5 nitrogen and oxygen atoms in total. The van der Waals surface area contributed by atoms with Crippen LogP contribution in [0.5, 0.6) is 0 Å². The van der Waals surface area contributed by atoms with Crippen molar-refractivity contribution in [3.8, 4) is 0 Å². The van der Waals surface area contributed by atoms with E-state index in [1.807, 2.05) is 0 Å². The van der Waals surface area contributed by atoms with Crippen LogP contribution < -0.4 is 5.32 Å². The molecule has 0 radical (unpaired) electrons. The average Bonchev–Trinajstić information content (AvgIpc) is 2.74. The van der Waals surface area contributed by atoms with Crippen molar-refractivity contribution < 1.29 is 19.1 Å². The maximum atomic E-state index is 13.4. The second kappa shape index (κ2) is 5.26. The number of nitrogens with one attached hydrogen (secondary N) is 1. The fourth-order valence-electron chi connectivity index (χ4n) is 2.31. The van der Waals surface area contributed by atoms with E-state index in [0.717, 1.165) is 0 Å². The zero-order valence-corrected chi connectivity index (χ0v) is 10.5. The molecule has 0 spiro atoms. The Hall–Kier alpha value is -2.11. The highest BCUT2D eigenvalue weighted by Crippen LogP contribution is 2.25. The minimum atomic E-state index is -0.909. The Bertz CT molecular complexity index is 506. The molecule has 1 fully saturated rings. The van der Waals surface area contributed by atoms with Crippen molar-refractivity contribution in [3.63, 3.8) is 0 Å². The third-order valence-corrected chi connectivity index (χ3v) is 3.45. The van der Waals surface area contributed by atoms with Gasteiger partial charge in [-0.05, 0) is 25.5 Å². The Labute approximate surface area is 110 Å². The lowest BCUT2D eigenvalue weighted by molar-refractivity contribution is -0.142. The van der Waals surface area contributed by atoms with Crippen molar-refractivity contribution >= 4 is 17.7 Å². The smallest absolute Gasteiger partial charge is 0.322 e. The van der Waals surface area contributed by atoms with E-state index in [9.17, 15) is 14.0 Å². The van der Waals surface area contributed by atoms with E-state index in [1.54, 1.807) is 13.0 Å². The number of anilines is 1. The number of carbonyl (C=O) groups excluding carboxylic acids is 1. The summed E-state index contributed by atoms with van der Waals surface area (Å²) < 4.78 is 13.4. The van der Waals surface area contributed by atoms with Gasteiger partial charge in [0.2, 0.25) is 0 Å². The molecule has 19 heavy (non-hydrogen) atoms. The van der Waals surface area contributed by atoms with Gasteiger partial charge >= 0.3 is 12.0 Å². The molecule has 1 aliphatic rings. The number of carboxylic acid groups (broad SMARTS) is 1. The van der Waals surface area contributed by atoms with Gasteiger partial charge < -0.3 is 15.3 Å². The maximum Gasteiger partial charge on any atom is 0.322 e. The van der Waals surface area contributed by atoms with Crippen LogP contribution in [-0.2, 0) is 4.79 Å². The van der Waals surface area contributed by atoms with Crippen molar-refractivity contribution in [3.05, 3.63) is 30.1 Å². The fraction of sp³-hybridized carbons (Fsp3) is 0.385. The summed E-state index contributed by atoms with van der Waals surface area (Å²) in [5.41, 5.74) is 0.0958. The summed E-state index contributed by atoms with van der Waals surface area (Å²) in [6.07, 6.45) is 0.418. The molecule has 1 saturated heterocycles. The van der Waals surface area contributed by atoms with Crippen LogP contribution in [0.15, 0.2) is 24.3 Å². The highest BCUT2D eigenvalue weighted by atomic mass is 19.1. The van der Waals surface area contributed by atoms with Gasteiger partial charge in [-0.3, -0.25) is 4.79 Å². The molecule has 1 aliphatic heterocycles. The number of carboxylic acids is 1. The van der Waals surface area contributed by atoms with Crippen LogP contribution >= 0.6 is 0 Å². The molecule has 0 aliphatic carbocycles. The third-order valence-electron chi connectivity index (χ3n) is 3.45. The number of likely N-dealkylation sites (tertiary alicyclic amines) is 1. The molecule has 1 aromatic carbocycles. The van der Waals surface area contributed by atoms with E-state index >= 15 is 0 Å². The van der Waals surface area contributed by atoms with Gasteiger partial charge in [0.25, 0.3) is 0 Å². The quantitative estimate of drug-likeness (QED) is 0.861. The highest BCUT2D eigenvalue weighted by Gasteiger charge is 2.38. The number of halogens is 1. The first-order valence-corrected chi connectivity index (χ1v) is 6.05. The zero-order chi connectivity index (χ0) is 14.0. The molecular formula is C13H15FN2O3. The summed E-state index contributed by atoms with van der Waals surface area (Å²) in [5.74, 6) is -1.99. The first-order chi connectivity index (χ1) is 9.00. The molecular weight excluding hydrogens is 251 g/mol. The Balaban J connectivity index is 2.06. The van der Waals surface area contributed by atoms with Gasteiger partial charge in [0.15, 0.2) is 0 Å². The zero-order valence-electron chi connectivity index (χ0n) is 10.5. The molecule has 2 rings (SSSR count). The van der Waals surface area contributed by atoms with Gasteiger partial charge in [0.05, 0.1) is 11.6 Å². The standard InChI is InChI=1S/C13H15FN2O3/c1-8-9(12(17)18)6-7-16(8)13(19)15-11-5-3-2-4-10(11)14/h2-5,8-9H,6-7H2,1H3,(H,15,19)(H,17,18). The first-order valence-electron chi connectivity index (χ1n) is 6.05. The summed E-state index contributed by atoms with van der Waals surface area (Å²) in [6.45, 7) is 2.05. The SMILES string of the molecule is CC1C(C(=O)O)CCN1C(=O)Nc1ccccc1F. The largest absolute Gasteiger partial charge is 0.481 e. The van der Waals surface area contributed by atoms with Gasteiger partial charge in [0, 0.05) is 12.6 Å². The number of carbonyl (C=O) groups is 2. The summed E-state index contributed by atoms with van der Waals surface area (Å²) >= 11 is 0. The molecule has 2 N–H and O–H groups in total. The summed E-state index contributed by atoms with van der Waals surface area (Å²) in [4.78, 5) is 24.4. The molecule has 1 aromatic rings. The third kappa shape index (κ3) is 2.67. The van der Waals surface area contributed by atoms with E-state index in [2.05, 4.69) is 5.32 Å². The number of urea groups is 1. The van der Waals surface area contributed by atoms with Crippen LogP contribution in [0.25, 0.3) is 0 Å². The first kappa shape index (κ1) is 13.3. The Morgan fingerprint density at radius 1 is 1.42 bits per heavy atom. The van der Waals surface area contributed by atoms with Crippen molar-refractivity contribution in [1.29, 1.82) is 0 Å². The van der Waals surface area contributed by atoms with Gasteiger partial charge in [-0.1, -0.05) is 12.1 Å². The number of aliphatic carboxylic acids is 1. The lowest BCUT2D eigenvalue weighted by Crippen LogP contribution is -2.40. The molecule has 1 heterocycles. The number of amides is 2. The van der Waals surface area contributed by atoms with Crippen molar-refractivity contribution in [1.82, 2.24) is 4.90 Å². The summed E-state index contributed by atoms with van der Waals surface area (Å²) in [5, 5.41) is 11.5. The number of nitrogens with zero attached hydrogens (tertiary/aromatic N) is 1. The van der Waals surface area contributed by atoms with Crippen LogP contribution in [0.2, 0.25) is 0 Å². The average molecular weight is 266 g/mol. The number of rotatable bonds is 2. The molecule has 0 bridgehead atoms. The Morgan fingerprint density at radius 2 is 2.11 bits per heavy atom. The van der Waals surface area contributed by atoms with Crippen LogP contribution in [0.1, 0.15) is 13.3 Å². The van der Waals surface area contributed by atoms with E-state index in [-0.39, 0.29) is 5.69 Å². The second-order valence-electron chi connectivity index (χ2n) is 4.58. The van der Waals surface area contributed by atoms with Crippen LogP contribution in [0.4, 0.5) is 14.9 Å². The Morgan fingerprint density at radius 3 is 2.68 bits per heavy atom. The van der Waals surface area contributed by atoms with E-state index in [1.165, 1.54) is 23.1 Å². The molecule has 2 amide bonds. The van der Waals surface area contributed by atoms with Crippen LogP contribution in [0.3, 0.4) is 0 Å². The lowest BCUT2D eigenvalue weighted by Gasteiger charge is -2.23. The number of hydrogen-bond donors (Lipinski definition) is 2. The Kier molecular flexibility index (Phi) is 3.69. The molecule has 0 saturated carbocycles. The summed E-state index contributed by atoms with van der Waals surface area (Å²) in [7, 11) is 0. The fourth-order valence-corrected chi connectivity index (χ4v) is 2.31. The van der Waals surface area contributed by atoms with Crippen molar-refractivity contribution in [2.45, 2.75) is 19.4 Å². The second-order valence-corrected chi connectivity index (χ2v) is 4.58. The molecule has 0 aromatic heterocycles. The van der Waals surface area contributed by atoms with Gasteiger partial charge in [0.1, 0.15) is 5.82 Å². The minimum Gasteiger partial charge on any atom is -0.481 e. The monoisotopic (exact) mass is 266 g/mol. The number of benzene rings is 1. The van der Waals surface area contributed by atoms with Crippen LogP contribution in [-0.4, -0.2) is 34.6 Å². The van der Waals surface area contributed by atoms with Crippen molar-refractivity contribution in [2.75, 3.05) is 11.9 Å². The van der Waals surface area contributed by atoms with Crippen LogP contribution in [0, 0.1) is 11.7 Å².